The van der Waals surface area contributed by atoms with Crippen LogP contribution in [0.5, 0.6) is 5.75 Å². The van der Waals surface area contributed by atoms with Gasteiger partial charge in [0.25, 0.3) is 0 Å². The average molecular weight is 427 g/mol. The van der Waals surface area contributed by atoms with Crippen molar-refractivity contribution >= 4 is 27.0 Å². The number of fused-ring (bicyclic) bond motifs is 1. The van der Waals surface area contributed by atoms with Crippen molar-refractivity contribution in [2.75, 3.05) is 12.0 Å². The second-order valence-corrected chi connectivity index (χ2v) is 8.40. The number of halogens is 2. The third-order valence-electron chi connectivity index (χ3n) is 4.69. The van der Waals surface area contributed by atoms with Gasteiger partial charge in [0.1, 0.15) is 22.3 Å². The third-order valence-corrected chi connectivity index (χ3v) is 6.48. The highest BCUT2D eigenvalue weighted by molar-refractivity contribution is 7.96. The van der Waals surface area contributed by atoms with E-state index in [4.69, 9.17) is 4.74 Å². The summed E-state index contributed by atoms with van der Waals surface area (Å²) in [7, 11) is -2.74. The van der Waals surface area contributed by atoms with Crippen LogP contribution >= 0.6 is 0 Å². The fourth-order valence-corrected chi connectivity index (χ4v) is 4.68. The number of methoxy groups -OCH3 is 1. The number of ketones is 1. The highest BCUT2D eigenvalue weighted by Gasteiger charge is 2.36. The Kier molecular flexibility index (Phi) is 4.87. The fraction of sp³-hybridized carbons (Fsp3) is 0.0455. The van der Waals surface area contributed by atoms with E-state index in [1.165, 1.54) is 48.4 Å². The second-order valence-electron chi connectivity index (χ2n) is 6.51. The van der Waals surface area contributed by atoms with Gasteiger partial charge in [-0.3, -0.25) is 4.79 Å². The lowest BCUT2D eigenvalue weighted by Crippen LogP contribution is -2.26. The van der Waals surface area contributed by atoms with E-state index < -0.39 is 32.2 Å². The molecule has 0 atom stereocenters. The number of sulfone groups is 1. The first kappa shape index (κ1) is 19.8. The van der Waals surface area contributed by atoms with Crippen molar-refractivity contribution in [1.29, 1.82) is 0 Å². The van der Waals surface area contributed by atoms with Gasteiger partial charge in [0.05, 0.1) is 17.7 Å². The zero-order valence-corrected chi connectivity index (χ0v) is 16.5. The normalized spacial score (nSPS) is 14.6. The average Bonchev–Trinajstić information content (AvgIpc) is 2.74. The minimum Gasteiger partial charge on any atom is -0.497 e. The third kappa shape index (κ3) is 3.35. The maximum absolute atomic E-state index is 13.9. The molecule has 3 aromatic rings. The van der Waals surface area contributed by atoms with Crippen LogP contribution in [0.25, 0.3) is 0 Å². The number of anilines is 2. The number of rotatable bonds is 4. The molecule has 152 valence electrons. The first-order chi connectivity index (χ1) is 14.3. The molecule has 0 aliphatic carbocycles. The van der Waals surface area contributed by atoms with Crippen molar-refractivity contribution in [1.82, 2.24) is 0 Å². The van der Waals surface area contributed by atoms with Crippen LogP contribution in [-0.4, -0.2) is 21.3 Å². The molecule has 0 aromatic heterocycles. The van der Waals surface area contributed by atoms with Gasteiger partial charge < -0.3 is 9.64 Å². The topological polar surface area (TPSA) is 63.7 Å². The van der Waals surface area contributed by atoms with E-state index in [2.05, 4.69) is 0 Å². The summed E-state index contributed by atoms with van der Waals surface area (Å²) >= 11 is 0. The summed E-state index contributed by atoms with van der Waals surface area (Å²) in [6.07, 6.45) is 1.14. The van der Waals surface area contributed by atoms with Gasteiger partial charge in [-0.1, -0.05) is 0 Å². The monoisotopic (exact) mass is 427 g/mol. The van der Waals surface area contributed by atoms with E-state index in [1.807, 2.05) is 0 Å². The number of benzene rings is 3. The Morgan fingerprint density at radius 2 is 1.53 bits per heavy atom. The van der Waals surface area contributed by atoms with Crippen LogP contribution in [0.3, 0.4) is 0 Å². The minimum atomic E-state index is -4.21. The molecule has 4 rings (SSSR count). The van der Waals surface area contributed by atoms with Gasteiger partial charge in [0.2, 0.25) is 15.6 Å². The van der Waals surface area contributed by atoms with Gasteiger partial charge >= 0.3 is 0 Å². The molecule has 0 fully saturated rings. The van der Waals surface area contributed by atoms with Crippen molar-refractivity contribution in [2.45, 2.75) is 4.90 Å². The van der Waals surface area contributed by atoms with E-state index in [9.17, 15) is 22.0 Å². The van der Waals surface area contributed by atoms with Crippen molar-refractivity contribution in [3.63, 3.8) is 0 Å². The smallest absolute Gasteiger partial charge is 0.214 e. The van der Waals surface area contributed by atoms with Crippen LogP contribution in [0.15, 0.2) is 82.7 Å². The largest absolute Gasteiger partial charge is 0.497 e. The van der Waals surface area contributed by atoms with Crippen LogP contribution in [0, 0.1) is 11.6 Å². The van der Waals surface area contributed by atoms with Crippen LogP contribution < -0.4 is 9.64 Å². The Labute approximate surface area is 171 Å². The van der Waals surface area contributed by atoms with Crippen molar-refractivity contribution in [3.05, 3.63) is 95.0 Å². The summed E-state index contributed by atoms with van der Waals surface area (Å²) in [5.74, 6) is -1.34. The Morgan fingerprint density at radius 1 is 0.900 bits per heavy atom. The molecule has 0 unspecified atom stereocenters. The molecule has 0 saturated carbocycles. The van der Waals surface area contributed by atoms with E-state index >= 15 is 0 Å². The van der Waals surface area contributed by atoms with Gasteiger partial charge in [0.15, 0.2) is 0 Å². The number of nitrogens with zero attached hydrogens (tertiary/aromatic N) is 1. The maximum Gasteiger partial charge on any atom is 0.214 e. The molecular weight excluding hydrogens is 412 g/mol. The summed E-state index contributed by atoms with van der Waals surface area (Å²) in [6, 6.07) is 14.4. The van der Waals surface area contributed by atoms with Crippen molar-refractivity contribution in [2.24, 2.45) is 0 Å². The Morgan fingerprint density at radius 3 is 2.17 bits per heavy atom. The quantitative estimate of drug-likeness (QED) is 0.449. The van der Waals surface area contributed by atoms with Crippen LogP contribution in [0.1, 0.15) is 10.4 Å². The molecule has 3 aromatic carbocycles. The minimum absolute atomic E-state index is 0.0351. The number of ether oxygens (including phenoxy) is 1. The molecule has 0 N–H and O–H groups in total. The van der Waals surface area contributed by atoms with E-state index in [-0.39, 0.29) is 16.1 Å². The Bertz CT molecular complexity index is 1270. The predicted molar refractivity (Wildman–Crippen MR) is 108 cm³/mol. The summed E-state index contributed by atoms with van der Waals surface area (Å²) in [5, 5.41) is 0. The van der Waals surface area contributed by atoms with Crippen LogP contribution in [0.4, 0.5) is 20.2 Å². The summed E-state index contributed by atoms with van der Waals surface area (Å²) in [5.41, 5.74) is 0.557. The molecule has 0 bridgehead atoms. The van der Waals surface area contributed by atoms with Gasteiger partial charge in [-0.2, -0.15) is 0 Å². The molecule has 0 amide bonds. The molecule has 1 aliphatic rings. The molecule has 1 aliphatic heterocycles. The number of carbonyl (C=O) groups is 1. The number of Topliss-reactive ketones (excluding diaryl/α,β-unsaturated/α-hetero) is 1. The maximum atomic E-state index is 13.9. The van der Waals surface area contributed by atoms with Crippen molar-refractivity contribution in [3.8, 4) is 5.75 Å². The molecule has 0 spiro atoms. The predicted octanol–water partition coefficient (Wildman–Crippen LogP) is 4.62. The van der Waals surface area contributed by atoms with E-state index in [1.54, 1.807) is 12.1 Å². The summed E-state index contributed by atoms with van der Waals surface area (Å²) < 4.78 is 58.7. The number of allylic oxidation sites excluding steroid dienone is 1. The lowest BCUT2D eigenvalue weighted by molar-refractivity contribution is 0.104. The fourth-order valence-electron chi connectivity index (χ4n) is 3.16. The second kappa shape index (κ2) is 7.38. The molecular formula is C22H15F2NO4S. The highest BCUT2D eigenvalue weighted by Crippen LogP contribution is 2.40. The van der Waals surface area contributed by atoms with Crippen LogP contribution in [0.2, 0.25) is 0 Å². The number of carbonyl (C=O) groups excluding carboxylic acids is 1. The summed E-state index contributed by atoms with van der Waals surface area (Å²) in [4.78, 5) is 13.7. The Balaban J connectivity index is 1.89. The zero-order valence-electron chi connectivity index (χ0n) is 15.7. The SMILES string of the molecule is COc1ccc(C(=O)C2=CN(c3ccc(F)cc3)c3cc(F)ccc3S2(=O)=O)cc1. The van der Waals surface area contributed by atoms with Gasteiger partial charge in [-0.05, 0) is 66.7 Å². The number of hydrogen-bond donors (Lipinski definition) is 0. The molecule has 1 heterocycles. The zero-order chi connectivity index (χ0) is 21.5. The standard InChI is InChI=1S/C22H15F2NO4S/c1-29-18-9-2-14(3-10-18)22(26)21-13-25(17-7-4-15(23)5-8-17)19-12-16(24)6-11-20(19)30(21,27)28/h2-13H,1H3. The molecule has 0 saturated heterocycles. The molecule has 8 heteroatoms. The molecule has 0 radical (unpaired) electrons. The van der Waals surface area contributed by atoms with Crippen LogP contribution in [-0.2, 0) is 9.84 Å². The van der Waals surface area contributed by atoms with E-state index in [0.29, 0.717) is 11.4 Å². The van der Waals surface area contributed by atoms with Gasteiger partial charge in [-0.25, -0.2) is 17.2 Å². The Hall–Kier alpha value is -3.52. The summed E-state index contributed by atoms with van der Waals surface area (Å²) in [6.45, 7) is 0. The first-order valence-electron chi connectivity index (χ1n) is 8.81. The lowest BCUT2D eigenvalue weighted by Gasteiger charge is -2.29. The van der Waals surface area contributed by atoms with Crippen molar-refractivity contribution < 1.29 is 26.7 Å². The molecule has 30 heavy (non-hydrogen) atoms. The molecule has 5 nitrogen and oxygen atoms in total. The lowest BCUT2D eigenvalue weighted by atomic mass is 10.1. The highest BCUT2D eigenvalue weighted by atomic mass is 32.2. The van der Waals surface area contributed by atoms with Gasteiger partial charge in [0, 0.05) is 17.5 Å². The van der Waals surface area contributed by atoms with Gasteiger partial charge in [-0.15, -0.1) is 0 Å². The number of hydrogen-bond acceptors (Lipinski definition) is 5. The first-order valence-corrected chi connectivity index (χ1v) is 10.3. The van der Waals surface area contributed by atoms with E-state index in [0.717, 1.165) is 24.4 Å².